The van der Waals surface area contributed by atoms with Crippen LogP contribution >= 0.6 is 11.3 Å². The monoisotopic (exact) mass is 350 g/mol. The number of hydrogen-bond donors (Lipinski definition) is 1. The minimum Gasteiger partial charge on any atom is -0.319 e. The normalized spacial score (nSPS) is 11.1. The van der Waals surface area contributed by atoms with E-state index >= 15 is 0 Å². The molecular weight excluding hydrogens is 336 g/mol. The number of thiophene rings is 1. The van der Waals surface area contributed by atoms with Gasteiger partial charge in [-0.05, 0) is 24.6 Å². The molecule has 25 heavy (non-hydrogen) atoms. The lowest BCUT2D eigenvalue weighted by Crippen LogP contribution is -2.17. The van der Waals surface area contributed by atoms with Gasteiger partial charge in [-0.25, -0.2) is 4.98 Å². The van der Waals surface area contributed by atoms with Crippen LogP contribution in [-0.2, 0) is 7.05 Å². The van der Waals surface area contributed by atoms with Crippen LogP contribution in [0.1, 0.15) is 15.2 Å². The van der Waals surface area contributed by atoms with Crippen LogP contribution in [0.25, 0.3) is 21.1 Å². The van der Waals surface area contributed by atoms with Crippen LogP contribution in [0, 0.1) is 6.92 Å². The SMILES string of the molecule is Cc1c(C(=O)Nc2cccc3cccnc23)sc2ncn(C)c(=O)c12. The highest BCUT2D eigenvalue weighted by Crippen LogP contribution is 2.28. The number of pyridine rings is 1. The van der Waals surface area contributed by atoms with Crippen LogP contribution in [0.4, 0.5) is 5.69 Å². The summed E-state index contributed by atoms with van der Waals surface area (Å²) in [5, 5.41) is 4.35. The highest BCUT2D eigenvalue weighted by Gasteiger charge is 2.19. The third kappa shape index (κ3) is 2.49. The zero-order valence-corrected chi connectivity index (χ0v) is 14.4. The van der Waals surface area contributed by atoms with E-state index in [1.165, 1.54) is 22.2 Å². The van der Waals surface area contributed by atoms with E-state index in [9.17, 15) is 9.59 Å². The summed E-state index contributed by atoms with van der Waals surface area (Å²) in [5.74, 6) is -0.263. The van der Waals surface area contributed by atoms with Gasteiger partial charge in [0.25, 0.3) is 11.5 Å². The van der Waals surface area contributed by atoms with E-state index in [0.29, 0.717) is 26.3 Å². The molecule has 0 aliphatic rings. The van der Waals surface area contributed by atoms with Crippen molar-refractivity contribution in [1.29, 1.82) is 0 Å². The quantitative estimate of drug-likeness (QED) is 0.603. The summed E-state index contributed by atoms with van der Waals surface area (Å²) >= 11 is 1.22. The van der Waals surface area contributed by atoms with Gasteiger partial charge < -0.3 is 9.88 Å². The van der Waals surface area contributed by atoms with Crippen LogP contribution in [0.15, 0.2) is 47.7 Å². The fraction of sp³-hybridized carbons (Fsp3) is 0.111. The highest BCUT2D eigenvalue weighted by molar-refractivity contribution is 7.20. The Hall–Kier alpha value is -3.06. The predicted molar refractivity (Wildman–Crippen MR) is 99.3 cm³/mol. The Kier molecular flexibility index (Phi) is 3.58. The predicted octanol–water partition coefficient (Wildman–Crippen LogP) is 3.10. The first-order valence-electron chi connectivity index (χ1n) is 7.66. The third-order valence-corrected chi connectivity index (χ3v) is 5.30. The fourth-order valence-corrected chi connectivity index (χ4v) is 3.84. The lowest BCUT2D eigenvalue weighted by atomic mass is 10.1. The number of aromatic nitrogens is 3. The first-order valence-corrected chi connectivity index (χ1v) is 8.47. The molecule has 0 bridgehead atoms. The van der Waals surface area contributed by atoms with E-state index in [-0.39, 0.29) is 11.5 Å². The molecule has 0 saturated carbocycles. The van der Waals surface area contributed by atoms with Crippen molar-refractivity contribution < 1.29 is 4.79 Å². The Balaban J connectivity index is 1.79. The second-order valence-electron chi connectivity index (χ2n) is 5.73. The van der Waals surface area contributed by atoms with E-state index in [1.54, 1.807) is 20.2 Å². The van der Waals surface area contributed by atoms with E-state index in [4.69, 9.17) is 0 Å². The lowest BCUT2D eigenvalue weighted by molar-refractivity contribution is 0.103. The summed E-state index contributed by atoms with van der Waals surface area (Å²) in [6.45, 7) is 1.78. The standard InChI is InChI=1S/C18H14N4O2S/c1-10-13-17(20-9-22(2)18(13)24)25-15(10)16(23)21-12-7-3-5-11-6-4-8-19-14(11)12/h3-9H,1-2H3,(H,21,23). The lowest BCUT2D eigenvalue weighted by Gasteiger charge is -2.07. The van der Waals surface area contributed by atoms with Gasteiger partial charge >= 0.3 is 0 Å². The number of anilines is 1. The smallest absolute Gasteiger partial charge is 0.266 e. The zero-order valence-electron chi connectivity index (χ0n) is 13.6. The number of aryl methyl sites for hydroxylation is 2. The molecule has 1 aromatic carbocycles. The Morgan fingerprint density at radius 3 is 2.84 bits per heavy atom. The summed E-state index contributed by atoms with van der Waals surface area (Å²) in [4.78, 5) is 34.7. The number of nitrogens with one attached hydrogen (secondary N) is 1. The first-order chi connectivity index (χ1) is 12.1. The molecule has 4 aromatic rings. The second kappa shape index (κ2) is 5.78. The zero-order chi connectivity index (χ0) is 17.6. The maximum Gasteiger partial charge on any atom is 0.266 e. The molecule has 3 heterocycles. The minimum absolute atomic E-state index is 0.148. The molecule has 3 aromatic heterocycles. The van der Waals surface area contributed by atoms with Gasteiger partial charge in [0.15, 0.2) is 0 Å². The molecule has 0 radical (unpaired) electrons. The molecule has 1 amide bonds. The first kappa shape index (κ1) is 15.5. The molecule has 0 aliphatic heterocycles. The molecule has 4 rings (SSSR count). The molecule has 0 spiro atoms. The Morgan fingerprint density at radius 2 is 2.00 bits per heavy atom. The number of fused-ring (bicyclic) bond motifs is 2. The molecule has 1 N–H and O–H groups in total. The number of benzene rings is 1. The van der Waals surface area contributed by atoms with Crippen LogP contribution in [-0.4, -0.2) is 20.4 Å². The third-order valence-electron chi connectivity index (χ3n) is 4.10. The molecule has 0 fully saturated rings. The van der Waals surface area contributed by atoms with E-state index in [0.717, 1.165) is 10.9 Å². The van der Waals surface area contributed by atoms with Crippen LogP contribution in [0.5, 0.6) is 0 Å². The summed E-state index contributed by atoms with van der Waals surface area (Å²) in [6.07, 6.45) is 3.16. The molecule has 6 nitrogen and oxygen atoms in total. The van der Waals surface area contributed by atoms with Gasteiger partial charge in [-0.3, -0.25) is 14.6 Å². The van der Waals surface area contributed by atoms with Crippen LogP contribution in [0.3, 0.4) is 0 Å². The molecule has 7 heteroatoms. The maximum absolute atomic E-state index is 12.8. The van der Waals surface area contributed by atoms with E-state index in [2.05, 4.69) is 15.3 Å². The molecule has 0 aliphatic carbocycles. The molecule has 0 saturated heterocycles. The van der Waals surface area contributed by atoms with Gasteiger partial charge in [0, 0.05) is 18.6 Å². The van der Waals surface area contributed by atoms with Crippen molar-refractivity contribution in [3.8, 4) is 0 Å². The van der Waals surface area contributed by atoms with Gasteiger partial charge in [-0.1, -0.05) is 18.2 Å². The second-order valence-corrected chi connectivity index (χ2v) is 6.73. The Labute approximate surface area is 146 Å². The molecule has 124 valence electrons. The largest absolute Gasteiger partial charge is 0.319 e. The van der Waals surface area contributed by atoms with Gasteiger partial charge in [-0.15, -0.1) is 11.3 Å². The van der Waals surface area contributed by atoms with Gasteiger partial charge in [0.1, 0.15) is 4.83 Å². The summed E-state index contributed by atoms with van der Waals surface area (Å²) in [7, 11) is 1.65. The van der Waals surface area contributed by atoms with Crippen LogP contribution < -0.4 is 10.9 Å². The van der Waals surface area contributed by atoms with Gasteiger partial charge in [0.2, 0.25) is 0 Å². The topological polar surface area (TPSA) is 76.9 Å². The van der Waals surface area contributed by atoms with Gasteiger partial charge in [0.05, 0.1) is 27.8 Å². The van der Waals surface area contributed by atoms with Crippen LogP contribution in [0.2, 0.25) is 0 Å². The number of rotatable bonds is 2. The summed E-state index contributed by atoms with van der Waals surface area (Å²) in [5.41, 5.74) is 1.87. The van der Waals surface area contributed by atoms with Crippen molar-refractivity contribution in [3.05, 3.63) is 63.7 Å². The Morgan fingerprint density at radius 1 is 1.20 bits per heavy atom. The molecular formula is C18H14N4O2S. The number of para-hydroxylation sites is 1. The number of hydrogen-bond acceptors (Lipinski definition) is 5. The van der Waals surface area contributed by atoms with Crippen molar-refractivity contribution in [2.45, 2.75) is 6.92 Å². The van der Waals surface area contributed by atoms with Crippen molar-refractivity contribution in [2.24, 2.45) is 7.05 Å². The van der Waals surface area contributed by atoms with Gasteiger partial charge in [-0.2, -0.15) is 0 Å². The van der Waals surface area contributed by atoms with Crippen molar-refractivity contribution in [1.82, 2.24) is 14.5 Å². The number of amides is 1. The summed E-state index contributed by atoms with van der Waals surface area (Å²) < 4.78 is 1.42. The van der Waals surface area contributed by atoms with Crippen molar-refractivity contribution in [3.63, 3.8) is 0 Å². The number of carbonyl (C=O) groups is 1. The number of nitrogens with zero attached hydrogens (tertiary/aromatic N) is 3. The average molecular weight is 350 g/mol. The maximum atomic E-state index is 12.8. The van der Waals surface area contributed by atoms with Crippen molar-refractivity contribution >= 4 is 44.1 Å². The average Bonchev–Trinajstić information content (AvgIpc) is 2.96. The molecule has 0 atom stereocenters. The Bertz CT molecular complexity index is 1190. The highest BCUT2D eigenvalue weighted by atomic mass is 32.1. The minimum atomic E-state index is -0.263. The number of carbonyl (C=O) groups excluding carboxylic acids is 1. The molecule has 0 unspecified atom stereocenters. The van der Waals surface area contributed by atoms with E-state index in [1.807, 2.05) is 30.3 Å². The summed E-state index contributed by atoms with van der Waals surface area (Å²) in [6, 6.07) is 9.42. The fourth-order valence-electron chi connectivity index (χ4n) is 2.81. The van der Waals surface area contributed by atoms with Crippen molar-refractivity contribution in [2.75, 3.05) is 5.32 Å². The van der Waals surface area contributed by atoms with E-state index < -0.39 is 0 Å².